The van der Waals surface area contributed by atoms with Crippen molar-refractivity contribution in [2.45, 2.75) is 52.1 Å². The molecule has 0 aliphatic carbocycles. The molecule has 29 heavy (non-hydrogen) atoms. The normalized spacial score (nSPS) is 15.1. The lowest BCUT2D eigenvalue weighted by Crippen LogP contribution is -2.36. The van der Waals surface area contributed by atoms with Gasteiger partial charge in [0, 0.05) is 13.1 Å². The Morgan fingerprint density at radius 1 is 0.931 bits per heavy atom. The van der Waals surface area contributed by atoms with E-state index in [-0.39, 0.29) is 11.8 Å². The predicted molar refractivity (Wildman–Crippen MR) is 115 cm³/mol. The number of piperidine rings is 1. The highest BCUT2D eigenvalue weighted by Gasteiger charge is 2.23. The fourth-order valence-corrected chi connectivity index (χ4v) is 3.59. The van der Waals surface area contributed by atoms with Gasteiger partial charge in [-0.25, -0.2) is 0 Å². The summed E-state index contributed by atoms with van der Waals surface area (Å²) < 4.78 is 5.95. The van der Waals surface area contributed by atoms with E-state index in [9.17, 15) is 9.59 Å². The summed E-state index contributed by atoms with van der Waals surface area (Å²) in [4.78, 5) is 27.6. The molecule has 1 saturated heterocycles. The molecule has 1 atom stereocenters. The fraction of sp³-hybridized carbons (Fsp3) is 0.417. The highest BCUT2D eigenvalue weighted by Crippen LogP contribution is 2.27. The number of para-hydroxylation sites is 2. The maximum absolute atomic E-state index is 12.9. The van der Waals surface area contributed by atoms with Crippen molar-refractivity contribution < 1.29 is 14.3 Å². The largest absolute Gasteiger partial charge is 0.481 e. The smallest absolute Gasteiger partial charge is 0.265 e. The van der Waals surface area contributed by atoms with Crippen molar-refractivity contribution in [3.05, 3.63) is 59.7 Å². The highest BCUT2D eigenvalue weighted by molar-refractivity contribution is 6.04. The Kier molecular flexibility index (Phi) is 6.91. The number of anilines is 1. The van der Waals surface area contributed by atoms with Crippen LogP contribution in [0.3, 0.4) is 0 Å². The number of ether oxygens (including phenoxy) is 1. The minimum Gasteiger partial charge on any atom is -0.481 e. The van der Waals surface area contributed by atoms with Crippen LogP contribution in [0, 0.1) is 0 Å². The molecule has 0 unspecified atom stereocenters. The number of hydrogen-bond donors (Lipinski definition) is 1. The maximum atomic E-state index is 12.9. The van der Waals surface area contributed by atoms with E-state index in [1.54, 1.807) is 19.1 Å². The number of carbonyl (C=O) groups is 2. The molecule has 154 valence electrons. The molecule has 0 saturated carbocycles. The van der Waals surface area contributed by atoms with Crippen LogP contribution in [0.1, 0.15) is 61.9 Å². The molecule has 2 aromatic rings. The van der Waals surface area contributed by atoms with Gasteiger partial charge in [0.15, 0.2) is 6.10 Å². The van der Waals surface area contributed by atoms with Gasteiger partial charge in [-0.15, -0.1) is 0 Å². The molecule has 5 heteroatoms. The Morgan fingerprint density at radius 2 is 1.59 bits per heavy atom. The van der Waals surface area contributed by atoms with Gasteiger partial charge in [0.2, 0.25) is 0 Å². The van der Waals surface area contributed by atoms with Crippen molar-refractivity contribution in [3.8, 4) is 5.75 Å². The van der Waals surface area contributed by atoms with E-state index >= 15 is 0 Å². The van der Waals surface area contributed by atoms with Crippen molar-refractivity contribution in [1.29, 1.82) is 0 Å². The lowest BCUT2D eigenvalue weighted by Gasteiger charge is -2.27. The van der Waals surface area contributed by atoms with Gasteiger partial charge in [-0.05, 0) is 55.9 Å². The van der Waals surface area contributed by atoms with Gasteiger partial charge < -0.3 is 15.0 Å². The summed E-state index contributed by atoms with van der Waals surface area (Å²) in [7, 11) is 0. The SMILES string of the molecule is CC(C)c1ccccc1O[C@@H](C)C(=O)Nc1ccccc1C(=O)N1CCCCC1. The first-order valence-corrected chi connectivity index (χ1v) is 10.4. The molecule has 2 amide bonds. The van der Waals surface area contributed by atoms with Crippen molar-refractivity contribution in [3.63, 3.8) is 0 Å². The number of hydrogen-bond acceptors (Lipinski definition) is 3. The van der Waals surface area contributed by atoms with Gasteiger partial charge in [0.05, 0.1) is 11.3 Å². The Hall–Kier alpha value is -2.82. The molecule has 1 heterocycles. The summed E-state index contributed by atoms with van der Waals surface area (Å²) in [6, 6.07) is 14.9. The molecule has 2 aromatic carbocycles. The Balaban J connectivity index is 1.71. The zero-order valence-electron chi connectivity index (χ0n) is 17.5. The van der Waals surface area contributed by atoms with Crippen LogP contribution in [0.15, 0.2) is 48.5 Å². The summed E-state index contributed by atoms with van der Waals surface area (Å²) in [5.41, 5.74) is 2.12. The summed E-state index contributed by atoms with van der Waals surface area (Å²) in [6.07, 6.45) is 2.53. The quantitative estimate of drug-likeness (QED) is 0.762. The molecular weight excluding hydrogens is 364 g/mol. The van der Waals surface area contributed by atoms with Crippen LogP contribution in [0.25, 0.3) is 0 Å². The average molecular weight is 395 g/mol. The predicted octanol–water partition coefficient (Wildman–Crippen LogP) is 4.84. The fourth-order valence-electron chi connectivity index (χ4n) is 3.59. The van der Waals surface area contributed by atoms with E-state index in [0.29, 0.717) is 22.9 Å². The van der Waals surface area contributed by atoms with Crippen LogP contribution in [0.2, 0.25) is 0 Å². The van der Waals surface area contributed by atoms with Crippen LogP contribution < -0.4 is 10.1 Å². The molecule has 1 fully saturated rings. The molecule has 0 radical (unpaired) electrons. The van der Waals surface area contributed by atoms with Crippen LogP contribution in [0.4, 0.5) is 5.69 Å². The number of likely N-dealkylation sites (tertiary alicyclic amines) is 1. The second-order valence-electron chi connectivity index (χ2n) is 7.84. The first kappa shape index (κ1) is 20.9. The highest BCUT2D eigenvalue weighted by atomic mass is 16.5. The molecule has 1 N–H and O–H groups in total. The summed E-state index contributed by atoms with van der Waals surface area (Å²) in [5.74, 6) is 0.703. The van der Waals surface area contributed by atoms with E-state index < -0.39 is 6.10 Å². The summed E-state index contributed by atoms with van der Waals surface area (Å²) in [5, 5.41) is 2.89. The first-order valence-electron chi connectivity index (χ1n) is 10.4. The van der Waals surface area contributed by atoms with E-state index in [2.05, 4.69) is 19.2 Å². The van der Waals surface area contributed by atoms with Crippen molar-refractivity contribution >= 4 is 17.5 Å². The van der Waals surface area contributed by atoms with Gasteiger partial charge in [-0.2, -0.15) is 0 Å². The molecule has 0 spiro atoms. The van der Waals surface area contributed by atoms with Gasteiger partial charge >= 0.3 is 0 Å². The van der Waals surface area contributed by atoms with E-state index in [4.69, 9.17) is 4.74 Å². The Morgan fingerprint density at radius 3 is 2.31 bits per heavy atom. The summed E-state index contributed by atoms with van der Waals surface area (Å²) >= 11 is 0. The van der Waals surface area contributed by atoms with Gasteiger partial charge in [-0.1, -0.05) is 44.2 Å². The van der Waals surface area contributed by atoms with Crippen LogP contribution in [-0.2, 0) is 4.79 Å². The van der Waals surface area contributed by atoms with E-state index in [1.165, 1.54) is 0 Å². The minimum atomic E-state index is -0.687. The number of nitrogens with one attached hydrogen (secondary N) is 1. The lowest BCUT2D eigenvalue weighted by molar-refractivity contribution is -0.122. The standard InChI is InChI=1S/C24H30N2O3/c1-17(2)19-11-6-8-14-22(19)29-18(3)23(27)25-21-13-7-5-12-20(21)24(28)26-15-9-4-10-16-26/h5-8,11-14,17-18H,4,9-10,15-16H2,1-3H3,(H,25,27)/t18-/m0/s1. The van der Waals surface area contributed by atoms with Crippen LogP contribution >= 0.6 is 0 Å². The number of nitrogens with zero attached hydrogens (tertiary/aromatic N) is 1. The van der Waals surface area contributed by atoms with E-state index in [1.807, 2.05) is 41.3 Å². The number of rotatable bonds is 6. The zero-order chi connectivity index (χ0) is 20.8. The topological polar surface area (TPSA) is 58.6 Å². The Labute approximate surface area is 173 Å². The first-order chi connectivity index (χ1) is 14.0. The van der Waals surface area contributed by atoms with E-state index in [0.717, 1.165) is 37.9 Å². The lowest BCUT2D eigenvalue weighted by atomic mass is 10.0. The number of benzene rings is 2. The number of amides is 2. The second-order valence-corrected chi connectivity index (χ2v) is 7.84. The third kappa shape index (κ3) is 5.17. The third-order valence-electron chi connectivity index (χ3n) is 5.27. The van der Waals surface area contributed by atoms with Gasteiger partial charge in [0.1, 0.15) is 5.75 Å². The zero-order valence-corrected chi connectivity index (χ0v) is 17.5. The monoisotopic (exact) mass is 394 g/mol. The van der Waals surface area contributed by atoms with Gasteiger partial charge in [0.25, 0.3) is 11.8 Å². The molecule has 1 aliphatic heterocycles. The molecule has 5 nitrogen and oxygen atoms in total. The number of carbonyl (C=O) groups excluding carboxylic acids is 2. The molecule has 0 bridgehead atoms. The molecule has 1 aliphatic rings. The van der Waals surface area contributed by atoms with Crippen molar-refractivity contribution in [2.75, 3.05) is 18.4 Å². The summed E-state index contributed by atoms with van der Waals surface area (Å²) in [6.45, 7) is 7.45. The second kappa shape index (κ2) is 9.59. The molecule has 3 rings (SSSR count). The van der Waals surface area contributed by atoms with Gasteiger partial charge in [-0.3, -0.25) is 9.59 Å². The molecule has 0 aromatic heterocycles. The minimum absolute atomic E-state index is 0.0284. The van der Waals surface area contributed by atoms with Crippen molar-refractivity contribution in [1.82, 2.24) is 4.90 Å². The third-order valence-corrected chi connectivity index (χ3v) is 5.27. The Bertz CT molecular complexity index is 857. The average Bonchev–Trinajstić information content (AvgIpc) is 2.74. The van der Waals surface area contributed by atoms with Crippen LogP contribution in [-0.4, -0.2) is 35.9 Å². The van der Waals surface area contributed by atoms with Crippen LogP contribution in [0.5, 0.6) is 5.75 Å². The van der Waals surface area contributed by atoms with Crippen molar-refractivity contribution in [2.24, 2.45) is 0 Å². The maximum Gasteiger partial charge on any atom is 0.265 e. The molecular formula is C24H30N2O3.